The van der Waals surface area contributed by atoms with E-state index in [0.29, 0.717) is 11.1 Å². The Balaban J connectivity index is 2.77. The summed E-state index contributed by atoms with van der Waals surface area (Å²) in [6.45, 7) is 0.0161. The third-order valence-electron chi connectivity index (χ3n) is 2.55. The monoisotopic (exact) mass is 299 g/mol. The topological polar surface area (TPSA) is 21.3 Å². The summed E-state index contributed by atoms with van der Waals surface area (Å²) in [5.74, 6) is -0.459. The molecule has 1 aromatic carbocycles. The Labute approximate surface area is 113 Å². The molecular weight excluding hydrogens is 286 g/mol. The van der Waals surface area contributed by atoms with E-state index >= 15 is 0 Å². The number of hydrogen-bond acceptors (Lipinski definition) is 2. The van der Waals surface area contributed by atoms with Gasteiger partial charge >= 0.3 is 6.18 Å². The number of aryl methyl sites for hydroxylation is 1. The predicted octanol–water partition coefficient (Wildman–Crippen LogP) is 3.63. The van der Waals surface area contributed by atoms with E-state index in [1.807, 2.05) is 0 Å². The third-order valence-corrected chi connectivity index (χ3v) is 2.88. The molecule has 0 aliphatic rings. The van der Waals surface area contributed by atoms with E-state index in [1.54, 1.807) is 14.0 Å². The minimum atomic E-state index is -4.37. The second-order valence-corrected chi connectivity index (χ2v) is 4.50. The van der Waals surface area contributed by atoms with Crippen molar-refractivity contribution in [3.05, 3.63) is 34.1 Å². The molecule has 0 fully saturated rings. The standard InChI is InChI=1S/C12H14ClF4NO/c1-7-3-8(9(13)4-10(7)14)11(18-2)5-19-6-12(15,16)17/h3-4,11,18H,5-6H2,1-2H3. The number of halogens is 5. The molecule has 0 aromatic heterocycles. The Morgan fingerprint density at radius 2 is 2.00 bits per heavy atom. The molecule has 0 amide bonds. The van der Waals surface area contributed by atoms with E-state index in [9.17, 15) is 17.6 Å². The first-order valence-electron chi connectivity index (χ1n) is 5.52. The van der Waals surface area contributed by atoms with E-state index < -0.39 is 24.6 Å². The second kappa shape index (κ2) is 6.54. The zero-order chi connectivity index (χ0) is 14.6. The van der Waals surface area contributed by atoms with Gasteiger partial charge in [-0.15, -0.1) is 0 Å². The Bertz CT molecular complexity index is 436. The van der Waals surface area contributed by atoms with Gasteiger partial charge in [0.2, 0.25) is 0 Å². The van der Waals surface area contributed by atoms with Gasteiger partial charge in [0, 0.05) is 5.02 Å². The first kappa shape index (κ1) is 16.2. The van der Waals surface area contributed by atoms with Gasteiger partial charge in [-0.3, -0.25) is 0 Å². The molecule has 0 heterocycles. The molecule has 0 radical (unpaired) electrons. The van der Waals surface area contributed by atoms with Gasteiger partial charge in [0.1, 0.15) is 12.4 Å². The fourth-order valence-corrected chi connectivity index (χ4v) is 1.85. The van der Waals surface area contributed by atoms with Crippen molar-refractivity contribution in [1.82, 2.24) is 5.32 Å². The zero-order valence-corrected chi connectivity index (χ0v) is 11.2. The summed E-state index contributed by atoms with van der Waals surface area (Å²) in [5, 5.41) is 2.94. The summed E-state index contributed by atoms with van der Waals surface area (Å²) >= 11 is 5.89. The van der Waals surface area contributed by atoms with Crippen LogP contribution in [0, 0.1) is 12.7 Å². The van der Waals surface area contributed by atoms with Crippen LogP contribution in [0.1, 0.15) is 17.2 Å². The quantitative estimate of drug-likeness (QED) is 0.838. The normalized spacial score (nSPS) is 13.6. The molecule has 19 heavy (non-hydrogen) atoms. The maximum atomic E-state index is 13.3. The molecule has 1 N–H and O–H groups in total. The molecule has 7 heteroatoms. The zero-order valence-electron chi connectivity index (χ0n) is 10.4. The van der Waals surface area contributed by atoms with Gasteiger partial charge in [-0.2, -0.15) is 13.2 Å². The minimum Gasteiger partial charge on any atom is -0.370 e. The number of hydrogen-bond donors (Lipinski definition) is 1. The summed E-state index contributed by atoms with van der Waals surface area (Å²) in [7, 11) is 1.57. The van der Waals surface area contributed by atoms with Crippen molar-refractivity contribution in [2.24, 2.45) is 0 Å². The van der Waals surface area contributed by atoms with Crippen LogP contribution in [0.5, 0.6) is 0 Å². The van der Waals surface area contributed by atoms with Crippen molar-refractivity contribution in [3.8, 4) is 0 Å². The number of rotatable bonds is 5. The summed E-state index contributed by atoms with van der Waals surface area (Å²) in [5.41, 5.74) is 0.876. The molecule has 0 saturated carbocycles. The highest BCUT2D eigenvalue weighted by Gasteiger charge is 2.28. The first-order chi connectivity index (χ1) is 8.74. The lowest BCUT2D eigenvalue weighted by atomic mass is 10.0. The van der Waals surface area contributed by atoms with Crippen LogP contribution < -0.4 is 5.32 Å². The maximum absolute atomic E-state index is 13.3. The van der Waals surface area contributed by atoms with Crippen molar-refractivity contribution in [2.75, 3.05) is 20.3 Å². The molecule has 0 saturated heterocycles. The molecule has 1 rings (SSSR count). The smallest absolute Gasteiger partial charge is 0.370 e. The van der Waals surface area contributed by atoms with E-state index in [-0.39, 0.29) is 11.6 Å². The molecule has 0 bridgehead atoms. The molecule has 0 spiro atoms. The van der Waals surface area contributed by atoms with Crippen molar-refractivity contribution in [3.63, 3.8) is 0 Å². The lowest BCUT2D eigenvalue weighted by Crippen LogP contribution is -2.26. The average molecular weight is 300 g/mol. The largest absolute Gasteiger partial charge is 0.411 e. The van der Waals surface area contributed by atoms with Gasteiger partial charge in [-0.25, -0.2) is 4.39 Å². The average Bonchev–Trinajstić information content (AvgIpc) is 2.29. The Hall–Kier alpha value is -0.850. The van der Waals surface area contributed by atoms with E-state index in [4.69, 9.17) is 11.6 Å². The third kappa shape index (κ3) is 4.97. The van der Waals surface area contributed by atoms with Crippen molar-refractivity contribution in [1.29, 1.82) is 0 Å². The number of ether oxygens (including phenoxy) is 1. The van der Waals surface area contributed by atoms with Crippen LogP contribution in [0.2, 0.25) is 5.02 Å². The summed E-state index contributed by atoms with van der Waals surface area (Å²) in [4.78, 5) is 0. The highest BCUT2D eigenvalue weighted by Crippen LogP contribution is 2.26. The van der Waals surface area contributed by atoms with Gasteiger partial charge in [0.05, 0.1) is 12.6 Å². The van der Waals surface area contributed by atoms with Crippen LogP contribution >= 0.6 is 11.6 Å². The summed E-state index contributed by atoms with van der Waals surface area (Å²) in [6, 6.07) is 2.10. The molecule has 108 valence electrons. The Morgan fingerprint density at radius 1 is 1.37 bits per heavy atom. The molecule has 2 nitrogen and oxygen atoms in total. The summed E-state index contributed by atoms with van der Waals surface area (Å²) < 4.78 is 53.8. The molecular formula is C12H14ClF4NO. The van der Waals surface area contributed by atoms with Crippen molar-refractivity contribution in [2.45, 2.75) is 19.1 Å². The highest BCUT2D eigenvalue weighted by molar-refractivity contribution is 6.31. The van der Waals surface area contributed by atoms with Crippen molar-refractivity contribution >= 4 is 11.6 Å². The number of likely N-dealkylation sites (N-methyl/N-ethyl adjacent to an activating group) is 1. The fourth-order valence-electron chi connectivity index (χ4n) is 1.57. The maximum Gasteiger partial charge on any atom is 0.411 e. The molecule has 1 atom stereocenters. The van der Waals surface area contributed by atoms with Gasteiger partial charge in [-0.05, 0) is 31.2 Å². The highest BCUT2D eigenvalue weighted by atomic mass is 35.5. The van der Waals surface area contributed by atoms with Crippen LogP contribution in [-0.2, 0) is 4.74 Å². The minimum absolute atomic E-state index is 0.151. The van der Waals surface area contributed by atoms with Crippen LogP contribution in [0.25, 0.3) is 0 Å². The molecule has 0 aliphatic heterocycles. The van der Waals surface area contributed by atoms with Gasteiger partial charge in [-0.1, -0.05) is 17.7 Å². The van der Waals surface area contributed by atoms with Gasteiger partial charge < -0.3 is 10.1 Å². The Morgan fingerprint density at radius 3 is 2.53 bits per heavy atom. The fraction of sp³-hybridized carbons (Fsp3) is 0.500. The first-order valence-corrected chi connectivity index (χ1v) is 5.89. The van der Waals surface area contributed by atoms with Crippen LogP contribution in [-0.4, -0.2) is 26.4 Å². The van der Waals surface area contributed by atoms with Crippen LogP contribution in [0.3, 0.4) is 0 Å². The van der Waals surface area contributed by atoms with Crippen molar-refractivity contribution < 1.29 is 22.3 Å². The predicted molar refractivity (Wildman–Crippen MR) is 64.8 cm³/mol. The van der Waals surface area contributed by atoms with Gasteiger partial charge in [0.15, 0.2) is 0 Å². The van der Waals surface area contributed by atoms with Crippen LogP contribution in [0.15, 0.2) is 12.1 Å². The molecule has 1 unspecified atom stereocenters. The van der Waals surface area contributed by atoms with Gasteiger partial charge in [0.25, 0.3) is 0 Å². The lowest BCUT2D eigenvalue weighted by molar-refractivity contribution is -0.175. The SMILES string of the molecule is CNC(COCC(F)(F)F)c1cc(C)c(F)cc1Cl. The van der Waals surface area contributed by atoms with Crippen LogP contribution in [0.4, 0.5) is 17.6 Å². The second-order valence-electron chi connectivity index (χ2n) is 4.09. The van der Waals surface area contributed by atoms with E-state index in [0.717, 1.165) is 6.07 Å². The number of benzene rings is 1. The number of nitrogens with one attached hydrogen (secondary N) is 1. The Kier molecular flexibility index (Phi) is 5.58. The lowest BCUT2D eigenvalue weighted by Gasteiger charge is -2.19. The summed E-state index contributed by atoms with van der Waals surface area (Å²) in [6.07, 6.45) is -4.37. The van der Waals surface area contributed by atoms with E-state index in [1.165, 1.54) is 6.07 Å². The number of alkyl halides is 3. The molecule has 1 aromatic rings. The molecule has 0 aliphatic carbocycles. The van der Waals surface area contributed by atoms with E-state index in [2.05, 4.69) is 10.1 Å².